The molecule has 1 atom stereocenters. The lowest BCUT2D eigenvalue weighted by molar-refractivity contribution is -0.142. The summed E-state index contributed by atoms with van der Waals surface area (Å²) in [5.41, 5.74) is 3.85. The zero-order valence-electron chi connectivity index (χ0n) is 8.15. The number of pyridine rings is 1. The number of nitrogens with one attached hydrogen (secondary N) is 1. The first-order valence-electron chi connectivity index (χ1n) is 4.26. The molecule has 6 heteroatoms. The van der Waals surface area contributed by atoms with E-state index >= 15 is 0 Å². The summed E-state index contributed by atoms with van der Waals surface area (Å²) >= 11 is 0. The minimum Gasteiger partial charge on any atom is -0.503 e. The van der Waals surface area contributed by atoms with Crippen LogP contribution in [0, 0.1) is 0 Å². The van der Waals surface area contributed by atoms with Gasteiger partial charge < -0.3 is 20.9 Å². The quantitative estimate of drug-likeness (QED) is 0.535. The van der Waals surface area contributed by atoms with Crippen LogP contribution in [0.4, 0.5) is 0 Å². The van der Waals surface area contributed by atoms with Crippen LogP contribution in [0.5, 0.6) is 5.75 Å². The van der Waals surface area contributed by atoms with Crippen molar-refractivity contribution in [3.63, 3.8) is 0 Å². The molecule has 1 rings (SSSR count). The molecule has 0 aliphatic carbocycles. The van der Waals surface area contributed by atoms with Crippen molar-refractivity contribution < 1.29 is 15.0 Å². The second-order valence-electron chi connectivity index (χ2n) is 3.61. The van der Waals surface area contributed by atoms with Gasteiger partial charge in [0.1, 0.15) is 5.54 Å². The smallest absolute Gasteiger partial charge is 0.323 e. The second kappa shape index (κ2) is 3.74. The van der Waals surface area contributed by atoms with Gasteiger partial charge in [0.25, 0.3) is 0 Å². The Labute approximate surface area is 85.4 Å². The average molecular weight is 212 g/mol. The Morgan fingerprint density at radius 1 is 1.67 bits per heavy atom. The molecular weight excluding hydrogens is 200 g/mol. The number of hydrogen-bond acceptors (Lipinski definition) is 4. The Bertz CT molecular complexity index is 436. The molecule has 0 amide bonds. The summed E-state index contributed by atoms with van der Waals surface area (Å²) in [5.74, 6) is -1.57. The number of carboxylic acids is 1. The molecule has 0 unspecified atom stereocenters. The molecule has 0 aliphatic heterocycles. The fourth-order valence-corrected chi connectivity index (χ4v) is 1.08. The van der Waals surface area contributed by atoms with Crippen LogP contribution < -0.4 is 11.2 Å². The summed E-state index contributed by atoms with van der Waals surface area (Å²) in [6.45, 7) is 1.35. The number of hydrogen-bond donors (Lipinski definition) is 4. The Morgan fingerprint density at radius 2 is 2.27 bits per heavy atom. The maximum Gasteiger partial charge on any atom is 0.323 e. The van der Waals surface area contributed by atoms with Crippen LogP contribution in [0.25, 0.3) is 0 Å². The number of nitrogens with two attached hydrogens (primary N) is 1. The lowest BCUT2D eigenvalue weighted by Gasteiger charge is -2.18. The second-order valence-corrected chi connectivity index (χ2v) is 3.61. The van der Waals surface area contributed by atoms with E-state index in [4.69, 9.17) is 15.9 Å². The number of aliphatic carboxylic acids is 1. The molecule has 1 aromatic heterocycles. The number of carboxylic acid groups (broad SMARTS) is 1. The van der Waals surface area contributed by atoms with Crippen LogP contribution in [-0.4, -0.2) is 26.7 Å². The van der Waals surface area contributed by atoms with Crippen molar-refractivity contribution in [2.24, 2.45) is 5.73 Å². The van der Waals surface area contributed by atoms with Gasteiger partial charge in [0.05, 0.1) is 0 Å². The van der Waals surface area contributed by atoms with Crippen molar-refractivity contribution in [1.29, 1.82) is 0 Å². The number of rotatable bonds is 3. The van der Waals surface area contributed by atoms with E-state index in [1.165, 1.54) is 6.92 Å². The molecule has 0 saturated heterocycles. The lowest BCUT2D eigenvalue weighted by Crippen LogP contribution is -2.47. The predicted molar refractivity (Wildman–Crippen MR) is 52.7 cm³/mol. The van der Waals surface area contributed by atoms with Crippen molar-refractivity contribution in [3.05, 3.63) is 28.2 Å². The molecule has 0 bridgehead atoms. The van der Waals surface area contributed by atoms with Crippen molar-refractivity contribution >= 4 is 5.97 Å². The molecule has 0 radical (unpaired) electrons. The zero-order valence-corrected chi connectivity index (χ0v) is 8.15. The maximum absolute atomic E-state index is 11.0. The normalized spacial score (nSPS) is 14.5. The minimum atomic E-state index is -1.44. The van der Waals surface area contributed by atoms with Crippen LogP contribution in [0.3, 0.4) is 0 Å². The fourth-order valence-electron chi connectivity index (χ4n) is 1.08. The maximum atomic E-state index is 11.0. The third kappa shape index (κ3) is 2.57. The van der Waals surface area contributed by atoms with Crippen molar-refractivity contribution in [3.8, 4) is 5.75 Å². The highest BCUT2D eigenvalue weighted by Crippen LogP contribution is 2.08. The van der Waals surface area contributed by atoms with Crippen LogP contribution in [0.1, 0.15) is 12.6 Å². The zero-order chi connectivity index (χ0) is 11.6. The highest BCUT2D eigenvalue weighted by Gasteiger charge is 2.28. The highest BCUT2D eigenvalue weighted by atomic mass is 16.4. The van der Waals surface area contributed by atoms with Crippen LogP contribution in [-0.2, 0) is 11.2 Å². The van der Waals surface area contributed by atoms with Gasteiger partial charge in [-0.2, -0.15) is 0 Å². The highest BCUT2D eigenvalue weighted by molar-refractivity contribution is 5.78. The number of aromatic hydroxyl groups is 1. The summed E-state index contributed by atoms with van der Waals surface area (Å²) in [6.07, 6.45) is 1.09. The average Bonchev–Trinajstić information content (AvgIpc) is 2.10. The van der Waals surface area contributed by atoms with Gasteiger partial charge in [-0.05, 0) is 6.92 Å². The van der Waals surface area contributed by atoms with E-state index in [0.717, 1.165) is 12.3 Å². The molecule has 6 nitrogen and oxygen atoms in total. The summed E-state index contributed by atoms with van der Waals surface area (Å²) < 4.78 is 0. The predicted octanol–water partition coefficient (Wildman–Crippen LogP) is -0.575. The van der Waals surface area contributed by atoms with Gasteiger partial charge in [-0.3, -0.25) is 9.59 Å². The molecule has 82 valence electrons. The Balaban J connectivity index is 2.96. The Morgan fingerprint density at radius 3 is 2.73 bits per heavy atom. The lowest BCUT2D eigenvalue weighted by atomic mass is 9.97. The van der Waals surface area contributed by atoms with Crippen LogP contribution in [0.2, 0.25) is 0 Å². The van der Waals surface area contributed by atoms with E-state index in [0.29, 0.717) is 5.69 Å². The van der Waals surface area contributed by atoms with E-state index < -0.39 is 22.7 Å². The number of H-pyrrole nitrogens is 1. The minimum absolute atomic E-state index is 0.0160. The van der Waals surface area contributed by atoms with Gasteiger partial charge in [-0.25, -0.2) is 0 Å². The monoisotopic (exact) mass is 212 g/mol. The van der Waals surface area contributed by atoms with E-state index in [1.54, 1.807) is 0 Å². The van der Waals surface area contributed by atoms with Crippen molar-refractivity contribution in [1.82, 2.24) is 4.98 Å². The topological polar surface area (TPSA) is 116 Å². The summed E-state index contributed by atoms with van der Waals surface area (Å²) in [7, 11) is 0. The molecule has 0 fully saturated rings. The van der Waals surface area contributed by atoms with Crippen molar-refractivity contribution in [2.75, 3.05) is 0 Å². The third-order valence-corrected chi connectivity index (χ3v) is 2.00. The summed E-state index contributed by atoms with van der Waals surface area (Å²) in [5, 5.41) is 17.7. The fraction of sp³-hybridized carbons (Fsp3) is 0.333. The first-order valence-corrected chi connectivity index (χ1v) is 4.26. The first-order chi connectivity index (χ1) is 6.83. The molecular formula is C9H12N2O4. The SMILES string of the molecule is C[C@@](N)(Cc1cc(=O)c(O)c[nH]1)C(=O)O. The van der Waals surface area contributed by atoms with E-state index in [9.17, 15) is 9.59 Å². The number of aromatic amines is 1. The van der Waals surface area contributed by atoms with E-state index in [1.807, 2.05) is 0 Å². The van der Waals surface area contributed by atoms with Crippen LogP contribution >= 0.6 is 0 Å². The van der Waals surface area contributed by atoms with Gasteiger partial charge >= 0.3 is 5.97 Å². The Kier molecular flexibility index (Phi) is 2.81. The van der Waals surface area contributed by atoms with Gasteiger partial charge in [0, 0.05) is 24.4 Å². The standard InChI is InChI=1S/C9H12N2O4/c1-9(10,8(14)15)3-5-2-6(12)7(13)4-11-5/h2,4,13H,3,10H2,1H3,(H,11,12)(H,14,15)/t9-/m1/s1. The number of aromatic nitrogens is 1. The molecule has 0 aromatic carbocycles. The molecule has 0 saturated carbocycles. The summed E-state index contributed by atoms with van der Waals surface area (Å²) in [4.78, 5) is 24.3. The molecule has 0 aliphatic rings. The van der Waals surface area contributed by atoms with Gasteiger partial charge in [0.15, 0.2) is 5.75 Å². The van der Waals surface area contributed by atoms with Gasteiger partial charge in [0.2, 0.25) is 5.43 Å². The van der Waals surface area contributed by atoms with Gasteiger partial charge in [-0.1, -0.05) is 0 Å². The van der Waals surface area contributed by atoms with E-state index in [2.05, 4.69) is 4.98 Å². The number of carbonyl (C=O) groups is 1. The van der Waals surface area contributed by atoms with E-state index in [-0.39, 0.29) is 6.42 Å². The summed E-state index contributed by atoms with van der Waals surface area (Å²) in [6, 6.07) is 1.13. The van der Waals surface area contributed by atoms with Crippen molar-refractivity contribution in [2.45, 2.75) is 18.9 Å². The van der Waals surface area contributed by atoms with Crippen LogP contribution in [0.15, 0.2) is 17.1 Å². The largest absolute Gasteiger partial charge is 0.503 e. The first kappa shape index (κ1) is 11.3. The third-order valence-electron chi connectivity index (χ3n) is 2.00. The molecule has 15 heavy (non-hydrogen) atoms. The Hall–Kier alpha value is -1.82. The molecule has 5 N–H and O–H groups in total. The molecule has 1 aromatic rings. The molecule has 1 heterocycles. The molecule has 0 spiro atoms. The van der Waals surface area contributed by atoms with Gasteiger partial charge in [-0.15, -0.1) is 0 Å².